The number of aliphatic hydroxyl groups is 1. The topological polar surface area (TPSA) is 92.6 Å². The van der Waals surface area contributed by atoms with E-state index in [-0.39, 0.29) is 16.3 Å². The Morgan fingerprint density at radius 2 is 1.91 bits per heavy atom. The molecule has 1 atom stereocenters. The van der Waals surface area contributed by atoms with E-state index >= 15 is 0 Å². The summed E-state index contributed by atoms with van der Waals surface area (Å²) in [5.41, 5.74) is 0.684. The van der Waals surface area contributed by atoms with E-state index in [0.29, 0.717) is 28.8 Å². The van der Waals surface area contributed by atoms with Crippen molar-refractivity contribution in [3.8, 4) is 5.75 Å². The number of aromatic nitrogens is 2. The number of aliphatic hydroxyl groups excluding tert-OH is 1. The number of nitrogens with zero attached hydrogens (tertiary/aromatic N) is 3. The number of rotatable bonds is 7. The molecule has 1 aliphatic rings. The summed E-state index contributed by atoms with van der Waals surface area (Å²) in [6, 6.07) is 11.2. The Kier molecular flexibility index (Phi) is 6.74. The van der Waals surface area contributed by atoms with E-state index in [1.54, 1.807) is 31.2 Å². The van der Waals surface area contributed by atoms with Crippen molar-refractivity contribution < 1.29 is 23.8 Å². The molecule has 0 aliphatic carbocycles. The smallest absolute Gasteiger partial charge is 0.301 e. The molecule has 1 amide bonds. The number of ether oxygens (including phenoxy) is 1. The third-order valence-electron chi connectivity index (χ3n) is 5.42. The second kappa shape index (κ2) is 9.72. The fourth-order valence-corrected chi connectivity index (χ4v) is 4.39. The van der Waals surface area contributed by atoms with Gasteiger partial charge >= 0.3 is 5.91 Å². The number of hydrogen-bond acceptors (Lipinski definition) is 7. The van der Waals surface area contributed by atoms with Gasteiger partial charge in [-0.1, -0.05) is 37.3 Å². The number of carbonyl (C=O) groups is 2. The van der Waals surface area contributed by atoms with Crippen LogP contribution in [0.15, 0.2) is 54.1 Å². The first-order chi connectivity index (χ1) is 16.3. The molecule has 7 nitrogen and oxygen atoms in total. The van der Waals surface area contributed by atoms with Gasteiger partial charge in [-0.15, -0.1) is 10.2 Å². The van der Waals surface area contributed by atoms with Crippen LogP contribution in [0.1, 0.15) is 42.4 Å². The summed E-state index contributed by atoms with van der Waals surface area (Å²) in [5, 5.41) is 20.0. The van der Waals surface area contributed by atoms with Crippen LogP contribution in [-0.4, -0.2) is 33.6 Å². The number of aryl methyl sites for hydroxylation is 1. The highest BCUT2D eigenvalue weighted by atomic mass is 32.1. The zero-order chi connectivity index (χ0) is 24.4. The highest BCUT2D eigenvalue weighted by molar-refractivity contribution is 7.15. The average molecular weight is 482 g/mol. The maximum atomic E-state index is 13.4. The summed E-state index contributed by atoms with van der Waals surface area (Å²) >= 11 is 1.17. The molecule has 0 spiro atoms. The fourth-order valence-electron chi connectivity index (χ4n) is 3.68. The van der Waals surface area contributed by atoms with Crippen molar-refractivity contribution in [1.29, 1.82) is 0 Å². The second-order valence-electron chi connectivity index (χ2n) is 8.38. The minimum atomic E-state index is -0.953. The lowest BCUT2D eigenvalue weighted by molar-refractivity contribution is -0.132. The molecule has 2 aromatic carbocycles. The number of Topliss-reactive ketones (excluding diaryl/α,β-unsaturated/α-hetero) is 1. The van der Waals surface area contributed by atoms with Crippen molar-refractivity contribution in [2.45, 2.75) is 33.2 Å². The first-order valence-electron chi connectivity index (χ1n) is 10.9. The van der Waals surface area contributed by atoms with Gasteiger partial charge in [-0.3, -0.25) is 14.5 Å². The normalized spacial score (nSPS) is 17.6. The molecule has 0 radical (unpaired) electrons. The minimum Gasteiger partial charge on any atom is -0.507 e. The Balaban J connectivity index is 1.83. The monoisotopic (exact) mass is 481 g/mol. The van der Waals surface area contributed by atoms with Crippen LogP contribution in [0.3, 0.4) is 0 Å². The van der Waals surface area contributed by atoms with Crippen LogP contribution in [-0.2, 0) is 9.59 Å². The van der Waals surface area contributed by atoms with E-state index in [9.17, 15) is 19.1 Å². The highest BCUT2D eigenvalue weighted by Gasteiger charge is 2.48. The van der Waals surface area contributed by atoms with Crippen LogP contribution in [0.4, 0.5) is 9.52 Å². The van der Waals surface area contributed by atoms with Crippen molar-refractivity contribution in [3.63, 3.8) is 0 Å². The van der Waals surface area contributed by atoms with E-state index in [0.717, 1.165) is 6.42 Å². The number of halogens is 1. The molecule has 1 N–H and O–H groups in total. The van der Waals surface area contributed by atoms with Gasteiger partial charge in [0, 0.05) is 5.56 Å². The van der Waals surface area contributed by atoms with Crippen LogP contribution in [0.5, 0.6) is 5.75 Å². The van der Waals surface area contributed by atoms with Gasteiger partial charge in [-0.25, -0.2) is 4.39 Å². The Labute approximate surface area is 200 Å². The van der Waals surface area contributed by atoms with E-state index < -0.39 is 29.3 Å². The van der Waals surface area contributed by atoms with Gasteiger partial charge in [0.05, 0.1) is 18.2 Å². The van der Waals surface area contributed by atoms with Crippen molar-refractivity contribution in [2.75, 3.05) is 11.5 Å². The zero-order valence-corrected chi connectivity index (χ0v) is 19.8. The Hall–Kier alpha value is -3.59. The van der Waals surface area contributed by atoms with Gasteiger partial charge in [-0.2, -0.15) is 0 Å². The Morgan fingerprint density at radius 1 is 1.18 bits per heavy atom. The van der Waals surface area contributed by atoms with E-state index in [2.05, 4.69) is 24.0 Å². The molecule has 1 fully saturated rings. The molecule has 176 valence electrons. The van der Waals surface area contributed by atoms with Crippen molar-refractivity contribution in [1.82, 2.24) is 10.2 Å². The summed E-state index contributed by atoms with van der Waals surface area (Å²) < 4.78 is 19.3. The summed E-state index contributed by atoms with van der Waals surface area (Å²) in [5.74, 6) is -1.49. The standard InChI is InChI=1S/C25H24FN3O4S/c1-14(2)11-12-33-19-6-4-5-17(13-19)21-20(22(30)16-7-9-18(26)10-8-16)23(31)24(32)29(21)25-28-27-15(3)34-25/h4-10,13-14,21,30H,11-12H2,1-3H3. The van der Waals surface area contributed by atoms with Gasteiger partial charge in [0.2, 0.25) is 5.13 Å². The van der Waals surface area contributed by atoms with Crippen LogP contribution >= 0.6 is 11.3 Å². The van der Waals surface area contributed by atoms with Crippen molar-refractivity contribution in [2.24, 2.45) is 5.92 Å². The summed E-state index contributed by atoms with van der Waals surface area (Å²) in [6.07, 6.45) is 0.872. The number of carbonyl (C=O) groups excluding carboxylic acids is 2. The summed E-state index contributed by atoms with van der Waals surface area (Å²) in [4.78, 5) is 27.5. The van der Waals surface area contributed by atoms with E-state index in [1.807, 2.05) is 0 Å². The molecule has 1 aromatic heterocycles. The molecule has 0 saturated carbocycles. The van der Waals surface area contributed by atoms with Crippen LogP contribution < -0.4 is 9.64 Å². The molecule has 0 bridgehead atoms. The van der Waals surface area contributed by atoms with E-state index in [1.165, 1.54) is 40.5 Å². The lowest BCUT2D eigenvalue weighted by Crippen LogP contribution is -2.29. The lowest BCUT2D eigenvalue weighted by atomic mass is 9.95. The molecule has 1 unspecified atom stereocenters. The molecule has 4 rings (SSSR count). The van der Waals surface area contributed by atoms with Crippen LogP contribution in [0.25, 0.3) is 5.76 Å². The summed E-state index contributed by atoms with van der Waals surface area (Å²) in [7, 11) is 0. The van der Waals surface area contributed by atoms with Crippen molar-refractivity contribution >= 4 is 33.9 Å². The molecule has 1 aliphatic heterocycles. The predicted octanol–water partition coefficient (Wildman–Crippen LogP) is 5.04. The van der Waals surface area contributed by atoms with Crippen molar-refractivity contribution in [3.05, 3.63) is 76.1 Å². The van der Waals surface area contributed by atoms with Gasteiger partial charge in [0.15, 0.2) is 0 Å². The van der Waals surface area contributed by atoms with Gasteiger partial charge in [0.25, 0.3) is 5.78 Å². The predicted molar refractivity (Wildman–Crippen MR) is 127 cm³/mol. The Morgan fingerprint density at radius 3 is 2.56 bits per heavy atom. The Bertz CT molecular complexity index is 1250. The highest BCUT2D eigenvalue weighted by Crippen LogP contribution is 2.43. The molecule has 3 aromatic rings. The van der Waals surface area contributed by atoms with E-state index in [4.69, 9.17) is 4.74 Å². The second-order valence-corrected chi connectivity index (χ2v) is 9.54. The maximum absolute atomic E-state index is 13.4. The number of anilines is 1. The van der Waals surface area contributed by atoms with Gasteiger partial charge < -0.3 is 9.84 Å². The summed E-state index contributed by atoms with van der Waals surface area (Å²) in [6.45, 7) is 6.47. The number of hydrogen-bond donors (Lipinski definition) is 1. The molecule has 1 saturated heterocycles. The first-order valence-corrected chi connectivity index (χ1v) is 11.7. The maximum Gasteiger partial charge on any atom is 0.301 e. The quantitative estimate of drug-likeness (QED) is 0.289. The number of amides is 1. The van der Waals surface area contributed by atoms with Crippen LogP contribution in [0, 0.1) is 18.7 Å². The molecular formula is C25H24FN3O4S. The van der Waals surface area contributed by atoms with Crippen LogP contribution in [0.2, 0.25) is 0 Å². The average Bonchev–Trinajstić information content (AvgIpc) is 3.34. The zero-order valence-electron chi connectivity index (χ0n) is 19.0. The molecule has 2 heterocycles. The SMILES string of the molecule is Cc1nnc(N2C(=O)C(=O)C(=C(O)c3ccc(F)cc3)C2c2cccc(OCCC(C)C)c2)s1. The minimum absolute atomic E-state index is 0.108. The van der Waals surface area contributed by atoms with Gasteiger partial charge in [-0.05, 0) is 61.2 Å². The first kappa shape index (κ1) is 23.6. The molecular weight excluding hydrogens is 457 g/mol. The third-order valence-corrected chi connectivity index (χ3v) is 6.26. The molecule has 9 heteroatoms. The largest absolute Gasteiger partial charge is 0.507 e. The third kappa shape index (κ3) is 4.70. The fraction of sp³-hybridized carbons (Fsp3) is 0.280. The number of benzene rings is 2. The molecule has 34 heavy (non-hydrogen) atoms. The number of ketones is 1. The van der Waals surface area contributed by atoms with Gasteiger partial charge in [0.1, 0.15) is 22.3 Å². The lowest BCUT2D eigenvalue weighted by Gasteiger charge is -2.23.